The van der Waals surface area contributed by atoms with Gasteiger partial charge < -0.3 is 4.90 Å². The lowest BCUT2D eigenvalue weighted by atomic mass is 9.99. The first-order valence-electron chi connectivity index (χ1n) is 6.40. The smallest absolute Gasteiger partial charge is 0.146 e. The number of aryl methyl sites for hydroxylation is 1. The summed E-state index contributed by atoms with van der Waals surface area (Å²) >= 11 is 0. The van der Waals surface area contributed by atoms with E-state index in [0.29, 0.717) is 6.04 Å². The van der Waals surface area contributed by atoms with Gasteiger partial charge in [0.15, 0.2) is 0 Å². The van der Waals surface area contributed by atoms with Gasteiger partial charge in [-0.2, -0.15) is 5.26 Å². The summed E-state index contributed by atoms with van der Waals surface area (Å²) in [6, 6.07) is 4.76. The van der Waals surface area contributed by atoms with E-state index < -0.39 is 0 Å². The molecule has 2 rings (SSSR count). The topological polar surface area (TPSA) is 39.9 Å². The van der Waals surface area contributed by atoms with E-state index in [-0.39, 0.29) is 0 Å². The number of nitriles is 1. The fourth-order valence-corrected chi connectivity index (χ4v) is 2.60. The lowest BCUT2D eigenvalue weighted by molar-refractivity contribution is 0.446. The Hall–Kier alpha value is -1.56. The summed E-state index contributed by atoms with van der Waals surface area (Å²) in [5.41, 5.74) is 1.77. The number of anilines is 1. The second-order valence-corrected chi connectivity index (χ2v) is 4.69. The minimum Gasteiger partial charge on any atom is -0.353 e. The zero-order valence-electron chi connectivity index (χ0n) is 10.6. The number of rotatable bonds is 2. The maximum Gasteiger partial charge on any atom is 0.146 e. The van der Waals surface area contributed by atoms with E-state index >= 15 is 0 Å². The quantitative estimate of drug-likeness (QED) is 0.782. The van der Waals surface area contributed by atoms with Crippen molar-refractivity contribution >= 4 is 5.82 Å². The molecule has 0 saturated carbocycles. The summed E-state index contributed by atoms with van der Waals surface area (Å²) < 4.78 is 0. The van der Waals surface area contributed by atoms with Crippen molar-refractivity contribution in [1.82, 2.24) is 4.98 Å². The number of aromatic nitrogens is 1. The molecule has 0 N–H and O–H groups in total. The lowest BCUT2D eigenvalue weighted by Gasteiger charge is -2.36. The van der Waals surface area contributed by atoms with Gasteiger partial charge in [-0.3, -0.25) is 0 Å². The maximum atomic E-state index is 9.27. The van der Waals surface area contributed by atoms with Gasteiger partial charge in [-0.1, -0.05) is 6.92 Å². The Kier molecular flexibility index (Phi) is 3.63. The molecule has 1 atom stereocenters. The molecule has 1 saturated heterocycles. The minimum absolute atomic E-state index is 0.546. The summed E-state index contributed by atoms with van der Waals surface area (Å²) in [5, 5.41) is 9.27. The van der Waals surface area contributed by atoms with Crippen LogP contribution in [0.4, 0.5) is 5.82 Å². The Morgan fingerprint density at radius 1 is 1.53 bits per heavy atom. The Balaban J connectivity index is 2.38. The predicted octanol–water partition coefficient (Wildman–Crippen LogP) is 3.03. The van der Waals surface area contributed by atoms with Crippen LogP contribution in [0.3, 0.4) is 0 Å². The van der Waals surface area contributed by atoms with Crippen LogP contribution < -0.4 is 4.90 Å². The first-order chi connectivity index (χ1) is 8.27. The van der Waals surface area contributed by atoms with E-state index in [4.69, 9.17) is 0 Å². The molecule has 0 bridgehead atoms. The van der Waals surface area contributed by atoms with E-state index in [1.165, 1.54) is 19.3 Å². The van der Waals surface area contributed by atoms with Crippen LogP contribution >= 0.6 is 0 Å². The Bertz CT molecular complexity index is 434. The van der Waals surface area contributed by atoms with Crippen molar-refractivity contribution < 1.29 is 0 Å². The van der Waals surface area contributed by atoms with Crippen LogP contribution in [0.25, 0.3) is 0 Å². The van der Waals surface area contributed by atoms with Gasteiger partial charge in [0.05, 0.1) is 5.56 Å². The number of hydrogen-bond donors (Lipinski definition) is 0. The fourth-order valence-electron chi connectivity index (χ4n) is 2.60. The van der Waals surface area contributed by atoms with Gasteiger partial charge in [0.25, 0.3) is 0 Å². The molecule has 0 aliphatic carbocycles. The predicted molar refractivity (Wildman–Crippen MR) is 69.0 cm³/mol. The highest BCUT2D eigenvalue weighted by molar-refractivity contribution is 5.57. The fraction of sp³-hybridized carbons (Fsp3) is 0.571. The zero-order valence-corrected chi connectivity index (χ0v) is 10.6. The van der Waals surface area contributed by atoms with E-state index in [9.17, 15) is 5.26 Å². The molecule has 1 aromatic heterocycles. The van der Waals surface area contributed by atoms with Crippen molar-refractivity contribution in [2.24, 2.45) is 0 Å². The van der Waals surface area contributed by atoms with Crippen molar-refractivity contribution in [3.05, 3.63) is 23.4 Å². The number of nitrogens with zero attached hydrogens (tertiary/aromatic N) is 3. The average molecular weight is 229 g/mol. The van der Waals surface area contributed by atoms with Crippen LogP contribution in [0.2, 0.25) is 0 Å². The van der Waals surface area contributed by atoms with Crippen LogP contribution in [-0.2, 0) is 0 Å². The third-order valence-corrected chi connectivity index (χ3v) is 3.62. The van der Waals surface area contributed by atoms with Gasteiger partial charge in [0.1, 0.15) is 11.9 Å². The first kappa shape index (κ1) is 11.9. The second-order valence-electron chi connectivity index (χ2n) is 4.69. The molecule has 1 unspecified atom stereocenters. The third kappa shape index (κ3) is 2.26. The van der Waals surface area contributed by atoms with E-state index in [1.807, 2.05) is 19.2 Å². The summed E-state index contributed by atoms with van der Waals surface area (Å²) in [7, 11) is 0. The highest BCUT2D eigenvalue weighted by Crippen LogP contribution is 2.28. The summed E-state index contributed by atoms with van der Waals surface area (Å²) in [6.45, 7) is 5.23. The molecule has 0 radical (unpaired) electrons. The van der Waals surface area contributed by atoms with Crippen LogP contribution in [-0.4, -0.2) is 17.6 Å². The molecular formula is C14H19N3. The SMILES string of the molecule is CCC1CCCCN1c1nccc(C)c1C#N. The monoisotopic (exact) mass is 229 g/mol. The van der Waals surface area contributed by atoms with E-state index in [1.54, 1.807) is 0 Å². The van der Waals surface area contributed by atoms with Gasteiger partial charge in [-0.25, -0.2) is 4.98 Å². The largest absolute Gasteiger partial charge is 0.353 e. The maximum absolute atomic E-state index is 9.27. The summed E-state index contributed by atoms with van der Waals surface area (Å²) in [5.74, 6) is 0.888. The van der Waals surface area contributed by atoms with Crippen molar-refractivity contribution in [2.45, 2.75) is 45.6 Å². The molecule has 1 aliphatic rings. The van der Waals surface area contributed by atoms with Crippen molar-refractivity contribution in [2.75, 3.05) is 11.4 Å². The highest BCUT2D eigenvalue weighted by Gasteiger charge is 2.24. The van der Waals surface area contributed by atoms with Gasteiger partial charge in [-0.15, -0.1) is 0 Å². The van der Waals surface area contributed by atoms with Crippen LogP contribution in [0, 0.1) is 18.3 Å². The van der Waals surface area contributed by atoms with Gasteiger partial charge >= 0.3 is 0 Å². The van der Waals surface area contributed by atoms with Crippen LogP contribution in [0.5, 0.6) is 0 Å². The number of pyridine rings is 1. The normalized spacial score (nSPS) is 20.1. The van der Waals surface area contributed by atoms with E-state index in [2.05, 4.69) is 22.9 Å². The summed E-state index contributed by atoms with van der Waals surface area (Å²) in [6.07, 6.45) is 6.66. The molecule has 3 nitrogen and oxygen atoms in total. The molecule has 1 aromatic rings. The van der Waals surface area contributed by atoms with Crippen LogP contribution in [0.1, 0.15) is 43.7 Å². The third-order valence-electron chi connectivity index (χ3n) is 3.62. The lowest BCUT2D eigenvalue weighted by Crippen LogP contribution is -2.40. The Morgan fingerprint density at radius 3 is 3.06 bits per heavy atom. The van der Waals surface area contributed by atoms with Gasteiger partial charge in [-0.05, 0) is 44.2 Å². The molecule has 0 aromatic carbocycles. The highest BCUT2D eigenvalue weighted by atomic mass is 15.2. The molecule has 2 heterocycles. The molecule has 17 heavy (non-hydrogen) atoms. The first-order valence-corrected chi connectivity index (χ1v) is 6.40. The molecule has 1 aliphatic heterocycles. The molecule has 0 amide bonds. The van der Waals surface area contributed by atoms with Crippen molar-refractivity contribution in [3.63, 3.8) is 0 Å². The van der Waals surface area contributed by atoms with Crippen LogP contribution in [0.15, 0.2) is 12.3 Å². The minimum atomic E-state index is 0.546. The standard InChI is InChI=1S/C14H19N3/c1-3-12-6-4-5-9-17(12)14-13(10-15)11(2)7-8-16-14/h7-8,12H,3-6,9H2,1-2H3. The number of piperidine rings is 1. The second kappa shape index (κ2) is 5.18. The molecular weight excluding hydrogens is 210 g/mol. The van der Waals surface area contributed by atoms with Gasteiger partial charge in [0.2, 0.25) is 0 Å². The molecule has 90 valence electrons. The number of hydrogen-bond acceptors (Lipinski definition) is 3. The van der Waals surface area contributed by atoms with Crippen molar-refractivity contribution in [3.8, 4) is 6.07 Å². The van der Waals surface area contributed by atoms with E-state index in [0.717, 1.165) is 29.9 Å². The van der Waals surface area contributed by atoms with Gasteiger partial charge in [0, 0.05) is 18.8 Å². The average Bonchev–Trinajstić information content (AvgIpc) is 2.38. The molecule has 1 fully saturated rings. The Labute approximate surface area is 103 Å². The Morgan fingerprint density at radius 2 is 2.35 bits per heavy atom. The van der Waals surface area contributed by atoms with Crippen molar-refractivity contribution in [1.29, 1.82) is 5.26 Å². The summed E-state index contributed by atoms with van der Waals surface area (Å²) in [4.78, 5) is 6.76. The zero-order chi connectivity index (χ0) is 12.3. The molecule has 0 spiro atoms. The molecule has 3 heteroatoms.